The molecule has 1 aromatic heterocycles. The lowest BCUT2D eigenvalue weighted by Crippen LogP contribution is -2.28. The average Bonchev–Trinajstić information content (AvgIpc) is 3.28. The second kappa shape index (κ2) is 8.00. The fourth-order valence-electron chi connectivity index (χ4n) is 2.78. The summed E-state index contributed by atoms with van der Waals surface area (Å²) in [6.07, 6.45) is 1.77. The highest BCUT2D eigenvalue weighted by Gasteiger charge is 2.32. The minimum absolute atomic E-state index is 0.0885. The van der Waals surface area contributed by atoms with Crippen molar-refractivity contribution in [2.75, 3.05) is 6.54 Å². The van der Waals surface area contributed by atoms with E-state index in [0.717, 1.165) is 16.8 Å². The predicted octanol–water partition coefficient (Wildman–Crippen LogP) is 5.14. The van der Waals surface area contributed by atoms with E-state index < -0.39 is 0 Å². The van der Waals surface area contributed by atoms with Crippen LogP contribution < -0.4 is 0 Å². The zero-order valence-electron chi connectivity index (χ0n) is 15.1. The van der Waals surface area contributed by atoms with Gasteiger partial charge >= 0.3 is 0 Å². The van der Waals surface area contributed by atoms with Crippen molar-refractivity contribution in [3.8, 4) is 17.0 Å². The summed E-state index contributed by atoms with van der Waals surface area (Å²) in [4.78, 5) is 24.2. The molecule has 1 amide bonds. The Hall–Kier alpha value is -2.90. The van der Waals surface area contributed by atoms with Gasteiger partial charge in [-0.25, -0.2) is 4.98 Å². The van der Waals surface area contributed by atoms with Gasteiger partial charge in [0, 0.05) is 17.5 Å². The smallest absolute Gasteiger partial charge is 0.266 e. The number of aromatic hydroxyl groups is 1. The van der Waals surface area contributed by atoms with Crippen LogP contribution >= 0.6 is 23.1 Å². The van der Waals surface area contributed by atoms with E-state index in [1.54, 1.807) is 29.2 Å². The number of likely N-dealkylation sites (N-methyl/N-ethyl adjacent to an activating group) is 1. The molecule has 1 N–H and O–H groups in total. The first-order valence-corrected chi connectivity index (χ1v) is 10.4. The molecule has 1 aliphatic heterocycles. The summed E-state index contributed by atoms with van der Waals surface area (Å²) in [5.74, 6) is 0.0803. The molecule has 1 saturated heterocycles. The van der Waals surface area contributed by atoms with Crippen molar-refractivity contribution in [1.29, 1.82) is 0 Å². The molecule has 7 heteroatoms. The lowest BCUT2D eigenvalue weighted by atomic mass is 10.2. The maximum absolute atomic E-state index is 12.7. The minimum atomic E-state index is -0.0885. The second-order valence-electron chi connectivity index (χ2n) is 6.03. The molecule has 0 saturated carbocycles. The Morgan fingerprint density at radius 2 is 2.00 bits per heavy atom. The van der Waals surface area contributed by atoms with Crippen molar-refractivity contribution in [3.05, 3.63) is 70.4 Å². The highest BCUT2D eigenvalue weighted by Crippen LogP contribution is 2.35. The van der Waals surface area contributed by atoms with E-state index in [4.69, 9.17) is 0 Å². The van der Waals surface area contributed by atoms with E-state index in [9.17, 15) is 9.90 Å². The molecule has 28 heavy (non-hydrogen) atoms. The summed E-state index contributed by atoms with van der Waals surface area (Å²) in [7, 11) is 0. The lowest BCUT2D eigenvalue weighted by Gasteiger charge is -2.11. The molecule has 3 aromatic rings. The third kappa shape index (κ3) is 3.85. The van der Waals surface area contributed by atoms with Crippen LogP contribution in [0.2, 0.25) is 0 Å². The standard InChI is InChI=1S/C21H17N3O2S2/c1-2-24-19(26)18(12-14-7-6-10-16(25)11-14)28-21(24)23-20-22-17(13-27-20)15-8-4-3-5-9-15/h3-13,25H,2H2,1H3/b18-12-,23-21+. The molecule has 1 fully saturated rings. The Balaban J connectivity index is 1.62. The molecule has 0 unspecified atom stereocenters. The lowest BCUT2D eigenvalue weighted by molar-refractivity contribution is -0.122. The number of rotatable bonds is 4. The van der Waals surface area contributed by atoms with Crippen LogP contribution in [0.5, 0.6) is 5.75 Å². The van der Waals surface area contributed by atoms with Crippen molar-refractivity contribution in [2.45, 2.75) is 6.92 Å². The first kappa shape index (κ1) is 18.5. The van der Waals surface area contributed by atoms with Crippen molar-refractivity contribution >= 4 is 45.4 Å². The quantitative estimate of drug-likeness (QED) is 0.608. The third-order valence-corrected chi connectivity index (χ3v) is 5.87. The minimum Gasteiger partial charge on any atom is -0.508 e. The topological polar surface area (TPSA) is 65.8 Å². The van der Waals surface area contributed by atoms with Gasteiger partial charge in [-0.2, -0.15) is 4.99 Å². The number of phenols is 1. The molecule has 1 aliphatic rings. The highest BCUT2D eigenvalue weighted by molar-refractivity contribution is 8.18. The molecular weight excluding hydrogens is 390 g/mol. The van der Waals surface area contributed by atoms with Gasteiger partial charge in [0.2, 0.25) is 5.13 Å². The van der Waals surface area contributed by atoms with Gasteiger partial charge in [0.15, 0.2) is 5.17 Å². The molecule has 0 radical (unpaired) electrons. The molecule has 0 aliphatic carbocycles. The molecule has 0 bridgehead atoms. The van der Waals surface area contributed by atoms with Crippen LogP contribution in [0.25, 0.3) is 17.3 Å². The monoisotopic (exact) mass is 407 g/mol. The zero-order chi connectivity index (χ0) is 19.5. The summed E-state index contributed by atoms with van der Waals surface area (Å²) in [6, 6.07) is 16.8. The Morgan fingerprint density at radius 1 is 1.18 bits per heavy atom. The number of amides is 1. The van der Waals surface area contributed by atoms with Crippen LogP contribution in [0.1, 0.15) is 12.5 Å². The summed E-state index contributed by atoms with van der Waals surface area (Å²) in [5, 5.41) is 12.8. The largest absolute Gasteiger partial charge is 0.508 e. The summed E-state index contributed by atoms with van der Waals surface area (Å²) in [6.45, 7) is 2.45. The number of aliphatic imine (C=N–C) groups is 1. The number of carbonyl (C=O) groups excluding carboxylic acids is 1. The van der Waals surface area contributed by atoms with E-state index in [-0.39, 0.29) is 11.7 Å². The van der Waals surface area contributed by atoms with Crippen molar-refractivity contribution in [2.24, 2.45) is 4.99 Å². The number of nitrogens with zero attached hydrogens (tertiary/aromatic N) is 3. The number of thioether (sulfide) groups is 1. The predicted molar refractivity (Wildman–Crippen MR) is 116 cm³/mol. The normalized spacial score (nSPS) is 17.0. The second-order valence-corrected chi connectivity index (χ2v) is 7.88. The van der Waals surface area contributed by atoms with Crippen molar-refractivity contribution in [3.63, 3.8) is 0 Å². The first-order chi connectivity index (χ1) is 13.6. The third-order valence-electron chi connectivity index (χ3n) is 4.13. The van der Waals surface area contributed by atoms with Gasteiger partial charge in [-0.15, -0.1) is 11.3 Å². The van der Waals surface area contributed by atoms with Crippen LogP contribution in [0.15, 0.2) is 69.9 Å². The fraction of sp³-hybridized carbons (Fsp3) is 0.0952. The summed E-state index contributed by atoms with van der Waals surface area (Å²) >= 11 is 2.77. The van der Waals surface area contributed by atoms with Crippen LogP contribution in [0.3, 0.4) is 0 Å². The maximum atomic E-state index is 12.7. The van der Waals surface area contributed by atoms with Gasteiger partial charge < -0.3 is 5.11 Å². The Morgan fingerprint density at radius 3 is 2.75 bits per heavy atom. The number of hydrogen-bond donors (Lipinski definition) is 1. The van der Waals surface area contributed by atoms with Gasteiger partial charge in [0.05, 0.1) is 10.6 Å². The number of phenolic OH excluding ortho intramolecular Hbond substituents is 1. The number of aromatic nitrogens is 1. The van der Waals surface area contributed by atoms with E-state index in [1.807, 2.05) is 48.7 Å². The molecule has 5 nitrogen and oxygen atoms in total. The van der Waals surface area contributed by atoms with Gasteiger partial charge in [0.1, 0.15) is 5.75 Å². The van der Waals surface area contributed by atoms with Crippen LogP contribution in [0.4, 0.5) is 5.13 Å². The van der Waals surface area contributed by atoms with Gasteiger partial charge in [0.25, 0.3) is 5.91 Å². The fourth-order valence-corrected chi connectivity index (χ4v) is 4.57. The number of thiazole rings is 1. The van der Waals surface area contributed by atoms with Crippen molar-refractivity contribution in [1.82, 2.24) is 9.88 Å². The maximum Gasteiger partial charge on any atom is 0.266 e. The van der Waals surface area contributed by atoms with E-state index in [1.165, 1.54) is 23.1 Å². The number of hydrogen-bond acceptors (Lipinski definition) is 6. The molecule has 140 valence electrons. The van der Waals surface area contributed by atoms with E-state index in [0.29, 0.717) is 21.7 Å². The molecular formula is C21H17N3O2S2. The molecule has 4 rings (SSSR count). The Bertz CT molecular complexity index is 1070. The molecule has 2 aromatic carbocycles. The molecule has 2 heterocycles. The SMILES string of the molecule is CCN1C(=O)/C(=C/c2cccc(O)c2)S/C1=N/c1nc(-c2ccccc2)cs1. The Labute approximate surface area is 171 Å². The van der Waals surface area contributed by atoms with Crippen LogP contribution in [-0.2, 0) is 4.79 Å². The average molecular weight is 408 g/mol. The number of benzene rings is 2. The number of carbonyl (C=O) groups is 1. The molecule has 0 atom stereocenters. The van der Waals surface area contributed by atoms with Crippen LogP contribution in [0, 0.1) is 0 Å². The Kier molecular flexibility index (Phi) is 5.27. The van der Waals surface area contributed by atoms with E-state index in [2.05, 4.69) is 9.98 Å². The van der Waals surface area contributed by atoms with Gasteiger partial charge in [-0.05, 0) is 42.5 Å². The zero-order valence-corrected chi connectivity index (χ0v) is 16.7. The van der Waals surface area contributed by atoms with Crippen LogP contribution in [-0.4, -0.2) is 32.6 Å². The van der Waals surface area contributed by atoms with Crippen molar-refractivity contribution < 1.29 is 9.90 Å². The van der Waals surface area contributed by atoms with Gasteiger partial charge in [-0.1, -0.05) is 42.5 Å². The summed E-state index contributed by atoms with van der Waals surface area (Å²) < 4.78 is 0. The van der Waals surface area contributed by atoms with E-state index >= 15 is 0 Å². The first-order valence-electron chi connectivity index (χ1n) is 8.74. The highest BCUT2D eigenvalue weighted by atomic mass is 32.2. The van der Waals surface area contributed by atoms with Gasteiger partial charge in [-0.3, -0.25) is 9.69 Å². The molecule has 0 spiro atoms. The summed E-state index contributed by atoms with van der Waals surface area (Å²) in [5.41, 5.74) is 2.68. The number of amidine groups is 1.